The van der Waals surface area contributed by atoms with Crippen LogP contribution in [0.5, 0.6) is 11.5 Å². The minimum absolute atomic E-state index is 0. The first-order valence-corrected chi connectivity index (χ1v) is 9.08. The number of hydrogen-bond donors (Lipinski definition) is 2. The number of rotatable bonds is 9. The van der Waals surface area contributed by atoms with E-state index >= 15 is 0 Å². The molecule has 2 aromatic carbocycles. The number of ether oxygens (including phenoxy) is 2. The van der Waals surface area contributed by atoms with Gasteiger partial charge in [0.05, 0.1) is 25.1 Å². The van der Waals surface area contributed by atoms with E-state index in [-0.39, 0.29) is 35.8 Å². The van der Waals surface area contributed by atoms with Crippen molar-refractivity contribution in [2.24, 2.45) is 4.99 Å². The lowest BCUT2D eigenvalue weighted by molar-refractivity contribution is -0.384. The minimum Gasteiger partial charge on any atom is -0.497 e. The van der Waals surface area contributed by atoms with E-state index in [1.807, 2.05) is 38.1 Å². The normalized spacial score (nSPS) is 11.8. The van der Waals surface area contributed by atoms with E-state index in [2.05, 4.69) is 15.6 Å². The third-order valence-corrected chi connectivity index (χ3v) is 3.85. The smallest absolute Gasteiger partial charge is 0.269 e. The maximum absolute atomic E-state index is 10.7. The van der Waals surface area contributed by atoms with Crippen molar-refractivity contribution in [3.63, 3.8) is 0 Å². The van der Waals surface area contributed by atoms with Crippen molar-refractivity contribution in [2.75, 3.05) is 20.2 Å². The molecule has 0 bridgehead atoms. The number of aliphatic imine (C=N–C) groups is 1. The Morgan fingerprint density at radius 1 is 1.17 bits per heavy atom. The molecule has 0 radical (unpaired) electrons. The molecule has 29 heavy (non-hydrogen) atoms. The average Bonchev–Trinajstić information content (AvgIpc) is 2.70. The first-order valence-electron chi connectivity index (χ1n) is 9.08. The molecule has 1 atom stereocenters. The summed E-state index contributed by atoms with van der Waals surface area (Å²) >= 11 is 0. The van der Waals surface area contributed by atoms with Gasteiger partial charge in [-0.15, -0.1) is 24.0 Å². The number of hydrogen-bond acceptors (Lipinski definition) is 5. The molecule has 158 valence electrons. The zero-order valence-electron chi connectivity index (χ0n) is 16.8. The molecular weight excluding hydrogens is 487 g/mol. The molecular formula is C20H27IN4O4. The monoisotopic (exact) mass is 514 g/mol. The van der Waals surface area contributed by atoms with Crippen LogP contribution in [0.4, 0.5) is 5.69 Å². The predicted octanol–water partition coefficient (Wildman–Crippen LogP) is 3.74. The second kappa shape index (κ2) is 12.8. The van der Waals surface area contributed by atoms with Gasteiger partial charge in [0.2, 0.25) is 0 Å². The highest BCUT2D eigenvalue weighted by molar-refractivity contribution is 14.0. The van der Waals surface area contributed by atoms with Gasteiger partial charge in [-0.05, 0) is 31.5 Å². The summed E-state index contributed by atoms with van der Waals surface area (Å²) in [5.41, 5.74) is 0.963. The molecule has 0 amide bonds. The quantitative estimate of drug-likeness (QED) is 0.174. The highest BCUT2D eigenvalue weighted by atomic mass is 127. The number of nitrogens with zero attached hydrogens (tertiary/aromatic N) is 2. The molecule has 1 unspecified atom stereocenters. The van der Waals surface area contributed by atoms with Crippen LogP contribution in [0.15, 0.2) is 53.5 Å². The fraction of sp³-hybridized carbons (Fsp3) is 0.350. The Morgan fingerprint density at radius 3 is 2.48 bits per heavy atom. The molecule has 0 heterocycles. The van der Waals surface area contributed by atoms with Crippen LogP contribution in [-0.4, -0.2) is 37.2 Å². The summed E-state index contributed by atoms with van der Waals surface area (Å²) in [5, 5.41) is 17.1. The molecule has 9 heteroatoms. The summed E-state index contributed by atoms with van der Waals surface area (Å²) in [6.45, 7) is 5.64. The number of halogens is 1. The second-order valence-electron chi connectivity index (χ2n) is 6.11. The van der Waals surface area contributed by atoms with Crippen molar-refractivity contribution in [1.29, 1.82) is 0 Å². The maximum Gasteiger partial charge on any atom is 0.269 e. The number of methoxy groups -OCH3 is 1. The van der Waals surface area contributed by atoms with Gasteiger partial charge in [0.15, 0.2) is 5.96 Å². The van der Waals surface area contributed by atoms with Crippen molar-refractivity contribution in [2.45, 2.75) is 26.5 Å². The van der Waals surface area contributed by atoms with E-state index in [9.17, 15) is 10.1 Å². The van der Waals surface area contributed by atoms with Crippen molar-refractivity contribution >= 4 is 35.6 Å². The SMILES string of the molecule is CCNC(=NCc1ccc([N+](=O)[O-])cc1)NCC(C)Oc1cccc(OC)c1.I. The third kappa shape index (κ3) is 8.55. The fourth-order valence-corrected chi connectivity index (χ4v) is 2.42. The van der Waals surface area contributed by atoms with Crippen LogP contribution in [0.25, 0.3) is 0 Å². The van der Waals surface area contributed by atoms with E-state index in [4.69, 9.17) is 9.47 Å². The zero-order chi connectivity index (χ0) is 20.4. The number of nitro groups is 1. The van der Waals surface area contributed by atoms with Gasteiger partial charge < -0.3 is 20.1 Å². The lowest BCUT2D eigenvalue weighted by Gasteiger charge is -2.18. The van der Waals surface area contributed by atoms with Crippen molar-refractivity contribution < 1.29 is 14.4 Å². The molecule has 2 N–H and O–H groups in total. The highest BCUT2D eigenvalue weighted by Gasteiger charge is 2.07. The summed E-state index contributed by atoms with van der Waals surface area (Å²) in [5.74, 6) is 2.14. The number of nitrogens with one attached hydrogen (secondary N) is 2. The minimum atomic E-state index is -0.414. The molecule has 0 saturated heterocycles. The molecule has 0 aliphatic heterocycles. The van der Waals surface area contributed by atoms with Crippen LogP contribution >= 0.6 is 24.0 Å². The topological polar surface area (TPSA) is 98.0 Å². The molecule has 0 saturated carbocycles. The predicted molar refractivity (Wildman–Crippen MR) is 124 cm³/mol. The second-order valence-corrected chi connectivity index (χ2v) is 6.11. The standard InChI is InChI=1S/C20H26N4O4.HI/c1-4-21-20(23-14-16-8-10-17(11-9-16)24(25)26)22-13-15(2)28-19-7-5-6-18(12-19)27-3;/h5-12,15H,4,13-14H2,1-3H3,(H2,21,22,23);1H. The Bertz CT molecular complexity index is 799. The van der Waals surface area contributed by atoms with Crippen molar-refractivity contribution in [3.8, 4) is 11.5 Å². The van der Waals surface area contributed by atoms with Crippen LogP contribution in [0.3, 0.4) is 0 Å². The van der Waals surface area contributed by atoms with Crippen molar-refractivity contribution in [3.05, 3.63) is 64.2 Å². The van der Waals surface area contributed by atoms with Gasteiger partial charge in [-0.2, -0.15) is 0 Å². The van der Waals surface area contributed by atoms with Crippen LogP contribution in [0.1, 0.15) is 19.4 Å². The van der Waals surface area contributed by atoms with Gasteiger partial charge in [-0.3, -0.25) is 10.1 Å². The van der Waals surface area contributed by atoms with Gasteiger partial charge in [0.25, 0.3) is 5.69 Å². The Kier molecular flexibility index (Phi) is 10.8. The molecule has 2 rings (SSSR count). The molecule has 2 aromatic rings. The number of nitro benzene ring substituents is 1. The van der Waals surface area contributed by atoms with E-state index in [1.165, 1.54) is 12.1 Å². The summed E-state index contributed by atoms with van der Waals surface area (Å²) < 4.78 is 11.1. The van der Waals surface area contributed by atoms with Gasteiger partial charge in [-0.25, -0.2) is 4.99 Å². The summed E-state index contributed by atoms with van der Waals surface area (Å²) in [6.07, 6.45) is -0.0877. The van der Waals surface area contributed by atoms with E-state index < -0.39 is 4.92 Å². The Morgan fingerprint density at radius 2 is 1.86 bits per heavy atom. The highest BCUT2D eigenvalue weighted by Crippen LogP contribution is 2.19. The summed E-state index contributed by atoms with van der Waals surface area (Å²) in [6, 6.07) is 13.8. The number of guanidine groups is 1. The lowest BCUT2D eigenvalue weighted by Crippen LogP contribution is -2.41. The first-order chi connectivity index (χ1) is 13.5. The number of non-ortho nitro benzene ring substituents is 1. The van der Waals surface area contributed by atoms with Crippen LogP contribution in [0, 0.1) is 10.1 Å². The zero-order valence-corrected chi connectivity index (χ0v) is 19.1. The Labute approximate surface area is 187 Å². The third-order valence-electron chi connectivity index (χ3n) is 3.85. The lowest BCUT2D eigenvalue weighted by atomic mass is 10.2. The van der Waals surface area contributed by atoms with Crippen LogP contribution < -0.4 is 20.1 Å². The van der Waals surface area contributed by atoms with Gasteiger partial charge >= 0.3 is 0 Å². The molecule has 0 spiro atoms. The Hall–Kier alpha value is -2.56. The summed E-state index contributed by atoms with van der Waals surface area (Å²) in [4.78, 5) is 14.8. The summed E-state index contributed by atoms with van der Waals surface area (Å²) in [7, 11) is 1.62. The fourth-order valence-electron chi connectivity index (χ4n) is 2.42. The van der Waals surface area contributed by atoms with E-state index in [1.54, 1.807) is 19.2 Å². The largest absolute Gasteiger partial charge is 0.497 e. The van der Waals surface area contributed by atoms with Gasteiger partial charge in [-0.1, -0.05) is 18.2 Å². The maximum atomic E-state index is 10.7. The van der Waals surface area contributed by atoms with Gasteiger partial charge in [0.1, 0.15) is 17.6 Å². The Balaban J connectivity index is 0.00000420. The molecule has 0 aromatic heterocycles. The van der Waals surface area contributed by atoms with Crippen molar-refractivity contribution in [1.82, 2.24) is 10.6 Å². The van der Waals surface area contributed by atoms with Crippen LogP contribution in [-0.2, 0) is 6.54 Å². The van der Waals surface area contributed by atoms with Gasteiger partial charge in [0, 0.05) is 24.7 Å². The average molecular weight is 514 g/mol. The molecule has 0 aliphatic rings. The number of benzene rings is 2. The van der Waals surface area contributed by atoms with E-state index in [0.717, 1.165) is 23.6 Å². The molecule has 8 nitrogen and oxygen atoms in total. The molecule has 0 aliphatic carbocycles. The van der Waals surface area contributed by atoms with Crippen LogP contribution in [0.2, 0.25) is 0 Å². The first kappa shape index (κ1) is 24.5. The molecule has 0 fully saturated rings. The van der Waals surface area contributed by atoms with E-state index in [0.29, 0.717) is 19.0 Å².